The molecule has 10 heteroatoms. The Hall–Kier alpha value is -2.49. The van der Waals surface area contributed by atoms with E-state index in [0.29, 0.717) is 10.7 Å². The fraction of sp³-hybridized carbons (Fsp3) is 0.467. The number of nitro groups is 1. The molecule has 2 atom stereocenters. The highest BCUT2D eigenvalue weighted by Gasteiger charge is 2.49. The van der Waals surface area contributed by atoms with E-state index in [4.69, 9.17) is 4.74 Å². The molecule has 0 N–H and O–H groups in total. The highest BCUT2D eigenvalue weighted by Crippen LogP contribution is 2.33. The topological polar surface area (TPSA) is 124 Å². The fourth-order valence-corrected chi connectivity index (χ4v) is 4.31. The van der Waals surface area contributed by atoms with Crippen LogP contribution >= 0.6 is 0 Å². The number of nitro benzene ring substituents is 1. The maximum atomic E-state index is 12.8. The standard InChI is InChI=1S/C15H18N2O7S/c1-3-10-9-13(15(19)24-4-2)16(14(10)18)25(22,23)12-7-5-11(6-8-12)17(20)21/h5-8,10,13H,3-4,9H2,1-2H3/t10-,13+/m1/s1. The second kappa shape index (κ2) is 7.18. The number of non-ortho nitro benzene ring substituents is 1. The molecular weight excluding hydrogens is 352 g/mol. The number of ether oxygens (including phenoxy) is 1. The van der Waals surface area contributed by atoms with Gasteiger partial charge in [-0.2, -0.15) is 0 Å². The second-order valence-electron chi connectivity index (χ2n) is 5.50. The molecule has 136 valence electrons. The number of rotatable bonds is 6. The number of amides is 1. The van der Waals surface area contributed by atoms with Crippen LogP contribution in [0.25, 0.3) is 0 Å². The lowest BCUT2D eigenvalue weighted by atomic mass is 10.0. The van der Waals surface area contributed by atoms with Crippen LogP contribution in [0.3, 0.4) is 0 Å². The van der Waals surface area contributed by atoms with Crippen molar-refractivity contribution in [2.45, 2.75) is 37.6 Å². The van der Waals surface area contributed by atoms with Gasteiger partial charge < -0.3 is 4.74 Å². The third-order valence-electron chi connectivity index (χ3n) is 4.01. The summed E-state index contributed by atoms with van der Waals surface area (Å²) in [6, 6.07) is 2.93. The summed E-state index contributed by atoms with van der Waals surface area (Å²) in [5, 5.41) is 10.7. The Morgan fingerprint density at radius 2 is 1.92 bits per heavy atom. The third kappa shape index (κ3) is 3.48. The molecule has 0 aliphatic carbocycles. The van der Waals surface area contributed by atoms with Gasteiger partial charge in [0.2, 0.25) is 5.91 Å². The molecule has 1 aromatic carbocycles. The molecule has 0 spiro atoms. The zero-order valence-corrected chi connectivity index (χ0v) is 14.6. The smallest absolute Gasteiger partial charge is 0.330 e. The predicted molar refractivity (Wildman–Crippen MR) is 85.9 cm³/mol. The van der Waals surface area contributed by atoms with Crippen LogP contribution in [0.2, 0.25) is 0 Å². The van der Waals surface area contributed by atoms with Gasteiger partial charge in [-0.15, -0.1) is 0 Å². The van der Waals surface area contributed by atoms with Crippen LogP contribution in [-0.4, -0.2) is 42.2 Å². The van der Waals surface area contributed by atoms with Crippen LogP contribution in [0.5, 0.6) is 0 Å². The number of carbonyl (C=O) groups excluding carboxylic acids is 2. The van der Waals surface area contributed by atoms with Gasteiger partial charge in [0.15, 0.2) is 0 Å². The number of sulfonamides is 1. The van der Waals surface area contributed by atoms with Gasteiger partial charge in [-0.05, 0) is 31.9 Å². The minimum Gasteiger partial charge on any atom is -0.464 e. The normalized spacial score (nSPS) is 20.6. The lowest BCUT2D eigenvalue weighted by Gasteiger charge is -2.22. The minimum atomic E-state index is -4.33. The van der Waals surface area contributed by atoms with E-state index in [1.807, 2.05) is 0 Å². The SMILES string of the molecule is CCOC(=O)[C@@H]1C[C@@H](CC)C(=O)N1S(=O)(=O)c1ccc([N+](=O)[O-])cc1. The molecular formula is C15H18N2O7S. The Morgan fingerprint density at radius 1 is 1.32 bits per heavy atom. The molecule has 2 rings (SSSR count). The van der Waals surface area contributed by atoms with Crippen LogP contribution in [0.1, 0.15) is 26.7 Å². The maximum Gasteiger partial charge on any atom is 0.330 e. The number of carbonyl (C=O) groups is 2. The average Bonchev–Trinajstić information content (AvgIpc) is 2.92. The number of hydrogen-bond donors (Lipinski definition) is 0. The van der Waals surface area contributed by atoms with Gasteiger partial charge in [0.1, 0.15) is 6.04 Å². The minimum absolute atomic E-state index is 0.0559. The highest BCUT2D eigenvalue weighted by molar-refractivity contribution is 7.89. The van der Waals surface area contributed by atoms with E-state index in [-0.39, 0.29) is 23.6 Å². The van der Waals surface area contributed by atoms with Gasteiger partial charge in [0, 0.05) is 18.1 Å². The van der Waals surface area contributed by atoms with Gasteiger partial charge in [-0.3, -0.25) is 14.9 Å². The quantitative estimate of drug-likeness (QED) is 0.422. The van der Waals surface area contributed by atoms with E-state index in [9.17, 15) is 28.1 Å². The number of benzene rings is 1. The van der Waals surface area contributed by atoms with Crippen LogP contribution in [0.4, 0.5) is 5.69 Å². The zero-order valence-electron chi connectivity index (χ0n) is 13.7. The molecule has 25 heavy (non-hydrogen) atoms. The predicted octanol–water partition coefficient (Wildman–Crippen LogP) is 1.47. The molecule has 0 aromatic heterocycles. The molecule has 0 bridgehead atoms. The maximum absolute atomic E-state index is 12.8. The van der Waals surface area contributed by atoms with Crippen molar-refractivity contribution in [3.8, 4) is 0 Å². The fourth-order valence-electron chi connectivity index (χ4n) is 2.71. The van der Waals surface area contributed by atoms with Gasteiger partial charge in [0.05, 0.1) is 16.4 Å². The van der Waals surface area contributed by atoms with Gasteiger partial charge in [-0.1, -0.05) is 6.92 Å². The first-order chi connectivity index (χ1) is 11.7. The summed E-state index contributed by atoms with van der Waals surface area (Å²) in [6.45, 7) is 3.37. The lowest BCUT2D eigenvalue weighted by molar-refractivity contribution is -0.384. The summed E-state index contributed by atoms with van der Waals surface area (Å²) in [5.41, 5.74) is -0.278. The average molecular weight is 370 g/mol. The van der Waals surface area contributed by atoms with Crippen molar-refractivity contribution in [3.63, 3.8) is 0 Å². The van der Waals surface area contributed by atoms with Gasteiger partial charge in [-0.25, -0.2) is 17.5 Å². The number of nitrogens with zero attached hydrogens (tertiary/aromatic N) is 2. The molecule has 1 fully saturated rings. The van der Waals surface area contributed by atoms with Crippen LogP contribution in [0.15, 0.2) is 29.2 Å². The third-order valence-corrected chi connectivity index (χ3v) is 5.83. The van der Waals surface area contributed by atoms with E-state index in [2.05, 4.69) is 0 Å². The summed E-state index contributed by atoms with van der Waals surface area (Å²) in [6.07, 6.45) is 0.446. The Morgan fingerprint density at radius 3 is 2.40 bits per heavy atom. The van der Waals surface area contributed by atoms with Crippen molar-refractivity contribution in [1.82, 2.24) is 4.31 Å². The molecule has 0 saturated carbocycles. The lowest BCUT2D eigenvalue weighted by Crippen LogP contribution is -2.43. The second-order valence-corrected chi connectivity index (χ2v) is 7.31. The summed E-state index contributed by atoms with van der Waals surface area (Å²) in [7, 11) is -4.33. The zero-order chi connectivity index (χ0) is 18.8. The Bertz CT molecular complexity index is 789. The summed E-state index contributed by atoms with van der Waals surface area (Å²) in [5.74, 6) is -2.04. The van der Waals surface area contributed by atoms with Crippen molar-refractivity contribution in [2.24, 2.45) is 5.92 Å². The van der Waals surface area contributed by atoms with Crippen LogP contribution < -0.4 is 0 Å². The molecule has 1 aliphatic rings. The first-order valence-electron chi connectivity index (χ1n) is 7.73. The van der Waals surface area contributed by atoms with Gasteiger partial charge in [0.25, 0.3) is 15.7 Å². The number of esters is 1. The highest BCUT2D eigenvalue weighted by atomic mass is 32.2. The van der Waals surface area contributed by atoms with E-state index in [1.54, 1.807) is 13.8 Å². The molecule has 9 nitrogen and oxygen atoms in total. The molecule has 0 unspecified atom stereocenters. The molecule has 0 radical (unpaired) electrons. The van der Waals surface area contributed by atoms with Crippen molar-refractivity contribution >= 4 is 27.6 Å². The molecule has 1 aromatic rings. The Kier molecular flexibility index (Phi) is 5.41. The molecule has 1 amide bonds. The summed E-state index contributed by atoms with van der Waals surface area (Å²) >= 11 is 0. The summed E-state index contributed by atoms with van der Waals surface area (Å²) in [4.78, 5) is 34.3. The van der Waals surface area contributed by atoms with Crippen molar-refractivity contribution < 1.29 is 27.7 Å². The largest absolute Gasteiger partial charge is 0.464 e. The van der Waals surface area contributed by atoms with E-state index >= 15 is 0 Å². The molecule has 1 saturated heterocycles. The first-order valence-corrected chi connectivity index (χ1v) is 9.17. The van der Waals surface area contributed by atoms with Crippen molar-refractivity contribution in [2.75, 3.05) is 6.61 Å². The first kappa shape index (κ1) is 18.8. The van der Waals surface area contributed by atoms with Crippen LogP contribution in [-0.2, 0) is 24.3 Å². The Labute approximate surface area is 144 Å². The Balaban J connectivity index is 2.44. The monoisotopic (exact) mass is 370 g/mol. The molecule has 1 aliphatic heterocycles. The summed E-state index contributed by atoms with van der Waals surface area (Å²) < 4.78 is 31.1. The van der Waals surface area contributed by atoms with Crippen LogP contribution in [0, 0.1) is 16.0 Å². The van der Waals surface area contributed by atoms with Crippen molar-refractivity contribution in [3.05, 3.63) is 34.4 Å². The van der Waals surface area contributed by atoms with E-state index in [1.165, 1.54) is 0 Å². The number of hydrogen-bond acceptors (Lipinski definition) is 7. The van der Waals surface area contributed by atoms with Gasteiger partial charge >= 0.3 is 5.97 Å². The van der Waals surface area contributed by atoms with Crippen molar-refractivity contribution in [1.29, 1.82) is 0 Å². The van der Waals surface area contributed by atoms with E-state index in [0.717, 1.165) is 24.3 Å². The van der Waals surface area contributed by atoms with E-state index < -0.39 is 38.8 Å². The molecule has 1 heterocycles.